The number of nitrogens with zero attached hydrogens (tertiary/aromatic N) is 1. The van der Waals surface area contributed by atoms with Crippen molar-refractivity contribution in [3.8, 4) is 11.5 Å². The Balaban J connectivity index is 1.90. The van der Waals surface area contributed by atoms with E-state index in [1.165, 1.54) is 34.9 Å². The minimum atomic E-state index is -0.554. The molecule has 28 heavy (non-hydrogen) atoms. The first-order chi connectivity index (χ1) is 13.3. The number of methoxy groups -OCH3 is 1. The topological polar surface area (TPSA) is 38.8 Å². The molecule has 1 aliphatic heterocycles. The van der Waals surface area contributed by atoms with Crippen LogP contribution < -0.4 is 14.4 Å². The summed E-state index contributed by atoms with van der Waals surface area (Å²) in [5, 5.41) is -0.0685. The van der Waals surface area contributed by atoms with Crippen LogP contribution in [0.15, 0.2) is 41.3 Å². The second-order valence-electron chi connectivity index (χ2n) is 6.19. The van der Waals surface area contributed by atoms with E-state index < -0.39 is 5.82 Å². The fourth-order valence-electron chi connectivity index (χ4n) is 2.59. The Morgan fingerprint density at radius 1 is 1.21 bits per heavy atom. The number of thioether (sulfide) groups is 1. The Labute approximate surface area is 177 Å². The summed E-state index contributed by atoms with van der Waals surface area (Å²) in [6.45, 7) is 3.86. The zero-order valence-electron chi connectivity index (χ0n) is 15.4. The Bertz CT molecular complexity index is 978. The van der Waals surface area contributed by atoms with Crippen LogP contribution in [0.2, 0.25) is 5.02 Å². The van der Waals surface area contributed by atoms with Crippen LogP contribution in [0.5, 0.6) is 11.5 Å². The van der Waals surface area contributed by atoms with E-state index in [1.54, 1.807) is 25.3 Å². The van der Waals surface area contributed by atoms with E-state index in [-0.39, 0.29) is 17.0 Å². The quantitative estimate of drug-likeness (QED) is 0.444. The summed E-state index contributed by atoms with van der Waals surface area (Å²) in [5.74, 6) is 0.354. The highest BCUT2D eigenvalue weighted by atomic mass is 35.5. The van der Waals surface area contributed by atoms with Gasteiger partial charge in [0, 0.05) is 0 Å². The molecule has 1 aliphatic rings. The molecule has 0 radical (unpaired) electrons. The predicted molar refractivity (Wildman–Crippen MR) is 116 cm³/mol. The van der Waals surface area contributed by atoms with Gasteiger partial charge >= 0.3 is 0 Å². The van der Waals surface area contributed by atoms with Crippen molar-refractivity contribution in [1.82, 2.24) is 0 Å². The summed E-state index contributed by atoms with van der Waals surface area (Å²) in [4.78, 5) is 14.6. The van der Waals surface area contributed by atoms with E-state index in [1.807, 2.05) is 19.9 Å². The normalized spacial score (nSPS) is 15.6. The van der Waals surface area contributed by atoms with Crippen LogP contribution in [-0.4, -0.2) is 23.4 Å². The van der Waals surface area contributed by atoms with E-state index >= 15 is 0 Å². The van der Waals surface area contributed by atoms with Crippen molar-refractivity contribution >= 4 is 57.6 Å². The van der Waals surface area contributed by atoms with Crippen LogP contribution in [0.3, 0.4) is 0 Å². The molecule has 0 unspecified atom stereocenters. The zero-order valence-corrected chi connectivity index (χ0v) is 17.8. The average Bonchev–Trinajstić information content (AvgIpc) is 2.92. The number of halogens is 2. The molecule has 0 aromatic heterocycles. The number of thiocarbonyl (C=S) groups is 1. The van der Waals surface area contributed by atoms with Crippen molar-refractivity contribution in [2.24, 2.45) is 0 Å². The Hall–Kier alpha value is -2.09. The van der Waals surface area contributed by atoms with Gasteiger partial charge in [-0.05, 0) is 55.8 Å². The highest BCUT2D eigenvalue weighted by Crippen LogP contribution is 2.38. The van der Waals surface area contributed by atoms with Gasteiger partial charge < -0.3 is 9.47 Å². The fraction of sp³-hybridized carbons (Fsp3) is 0.200. The zero-order chi connectivity index (χ0) is 20.4. The number of rotatable bonds is 5. The fourth-order valence-corrected chi connectivity index (χ4v) is 4.06. The van der Waals surface area contributed by atoms with Crippen molar-refractivity contribution in [2.75, 3.05) is 12.0 Å². The standard InChI is InChI=1S/C20H17ClFNO3S2/c1-11(2)26-16-7-4-12(8-17(16)25-3)9-18-19(24)23(20(27)28-18)13-5-6-15(22)14(21)10-13/h4-11H,1-3H3. The van der Waals surface area contributed by atoms with E-state index in [0.717, 1.165) is 5.56 Å². The third-order valence-electron chi connectivity index (χ3n) is 3.80. The molecule has 0 spiro atoms. The highest BCUT2D eigenvalue weighted by molar-refractivity contribution is 8.27. The second-order valence-corrected chi connectivity index (χ2v) is 8.28. The maximum absolute atomic E-state index is 13.4. The van der Waals surface area contributed by atoms with Crippen LogP contribution in [-0.2, 0) is 4.79 Å². The number of hydrogen-bond acceptors (Lipinski definition) is 5. The first-order valence-corrected chi connectivity index (χ1v) is 9.98. The lowest BCUT2D eigenvalue weighted by Gasteiger charge is -2.15. The molecule has 1 amide bonds. The molecule has 1 saturated heterocycles. The van der Waals surface area contributed by atoms with E-state index in [9.17, 15) is 9.18 Å². The molecular weight excluding hydrogens is 421 g/mol. The van der Waals surface area contributed by atoms with Gasteiger partial charge in [0.25, 0.3) is 5.91 Å². The number of hydrogen-bond donors (Lipinski definition) is 0. The summed E-state index contributed by atoms with van der Waals surface area (Å²) in [6, 6.07) is 9.48. The number of amides is 1. The smallest absolute Gasteiger partial charge is 0.270 e. The lowest BCUT2D eigenvalue weighted by atomic mass is 10.1. The summed E-state index contributed by atoms with van der Waals surface area (Å²) in [7, 11) is 1.56. The van der Waals surface area contributed by atoms with E-state index in [4.69, 9.17) is 33.3 Å². The summed E-state index contributed by atoms with van der Waals surface area (Å²) < 4.78 is 24.9. The maximum Gasteiger partial charge on any atom is 0.270 e. The maximum atomic E-state index is 13.4. The molecule has 8 heteroatoms. The minimum Gasteiger partial charge on any atom is -0.493 e. The number of anilines is 1. The Morgan fingerprint density at radius 2 is 1.96 bits per heavy atom. The molecule has 0 bridgehead atoms. The van der Waals surface area contributed by atoms with Crippen molar-refractivity contribution in [1.29, 1.82) is 0 Å². The van der Waals surface area contributed by atoms with Gasteiger partial charge in [-0.25, -0.2) is 4.39 Å². The summed E-state index contributed by atoms with van der Waals surface area (Å²) in [6.07, 6.45) is 1.74. The Kier molecular flexibility index (Phi) is 6.27. The molecule has 4 nitrogen and oxygen atoms in total. The van der Waals surface area contributed by atoms with Crippen LogP contribution in [0.4, 0.5) is 10.1 Å². The number of ether oxygens (including phenoxy) is 2. The van der Waals surface area contributed by atoms with Gasteiger partial charge in [0.2, 0.25) is 0 Å². The van der Waals surface area contributed by atoms with Crippen molar-refractivity contribution < 1.29 is 18.7 Å². The largest absolute Gasteiger partial charge is 0.493 e. The molecule has 3 rings (SSSR count). The molecular formula is C20H17ClFNO3S2. The van der Waals surface area contributed by atoms with Gasteiger partial charge in [-0.3, -0.25) is 9.69 Å². The lowest BCUT2D eigenvalue weighted by molar-refractivity contribution is -0.113. The van der Waals surface area contributed by atoms with Crippen LogP contribution in [0, 0.1) is 5.82 Å². The van der Waals surface area contributed by atoms with Gasteiger partial charge in [-0.1, -0.05) is 41.6 Å². The van der Waals surface area contributed by atoms with Gasteiger partial charge in [0.05, 0.1) is 28.8 Å². The predicted octanol–water partition coefficient (Wildman–Crippen LogP) is 5.68. The lowest BCUT2D eigenvalue weighted by Crippen LogP contribution is -2.27. The number of carbonyl (C=O) groups excluding carboxylic acids is 1. The van der Waals surface area contributed by atoms with Crippen molar-refractivity contribution in [2.45, 2.75) is 20.0 Å². The van der Waals surface area contributed by atoms with Gasteiger partial charge in [0.15, 0.2) is 15.8 Å². The molecule has 0 atom stereocenters. The first-order valence-electron chi connectivity index (χ1n) is 8.38. The molecule has 0 aliphatic carbocycles. The molecule has 0 saturated carbocycles. The van der Waals surface area contributed by atoms with Crippen LogP contribution in [0.25, 0.3) is 6.08 Å². The van der Waals surface area contributed by atoms with Crippen molar-refractivity contribution in [3.63, 3.8) is 0 Å². The molecule has 1 heterocycles. The average molecular weight is 438 g/mol. The monoisotopic (exact) mass is 437 g/mol. The molecule has 2 aromatic rings. The van der Waals surface area contributed by atoms with E-state index in [0.29, 0.717) is 26.4 Å². The van der Waals surface area contributed by atoms with Gasteiger partial charge in [-0.2, -0.15) is 0 Å². The van der Waals surface area contributed by atoms with Gasteiger partial charge in [-0.15, -0.1) is 0 Å². The second kappa shape index (κ2) is 8.51. The third kappa shape index (κ3) is 4.32. The molecule has 0 N–H and O–H groups in total. The summed E-state index contributed by atoms with van der Waals surface area (Å²) in [5.41, 5.74) is 1.20. The highest BCUT2D eigenvalue weighted by Gasteiger charge is 2.33. The molecule has 2 aromatic carbocycles. The van der Waals surface area contributed by atoms with Crippen molar-refractivity contribution in [3.05, 3.63) is 57.7 Å². The summed E-state index contributed by atoms with van der Waals surface area (Å²) >= 11 is 12.3. The van der Waals surface area contributed by atoms with E-state index in [2.05, 4.69) is 0 Å². The third-order valence-corrected chi connectivity index (χ3v) is 5.40. The number of carbonyl (C=O) groups is 1. The SMILES string of the molecule is COc1cc(C=C2SC(=S)N(c3ccc(F)c(Cl)c3)C2=O)ccc1OC(C)C. The van der Waals surface area contributed by atoms with Crippen LogP contribution in [0.1, 0.15) is 19.4 Å². The first kappa shape index (κ1) is 20.6. The van der Waals surface area contributed by atoms with Crippen LogP contribution >= 0.6 is 35.6 Å². The minimum absolute atomic E-state index is 0.0125. The van der Waals surface area contributed by atoms with Gasteiger partial charge in [0.1, 0.15) is 5.82 Å². The Morgan fingerprint density at radius 3 is 2.61 bits per heavy atom. The molecule has 1 fully saturated rings. The molecule has 146 valence electrons. The number of benzene rings is 2.